The van der Waals surface area contributed by atoms with Crippen LogP contribution in [0.15, 0.2) is 29.2 Å². The number of hydrogen-bond donors (Lipinski definition) is 1. The molecule has 0 saturated carbocycles. The number of halogens is 3. The number of carbonyl (C=O) groups is 2. The fourth-order valence-electron chi connectivity index (χ4n) is 1.96. The van der Waals surface area contributed by atoms with Crippen LogP contribution in [0.3, 0.4) is 0 Å². The minimum atomic E-state index is -4.52. The van der Waals surface area contributed by atoms with Gasteiger partial charge in [0.25, 0.3) is 0 Å². The second kappa shape index (κ2) is 6.95. The van der Waals surface area contributed by atoms with Crippen molar-refractivity contribution in [2.75, 3.05) is 0 Å². The predicted molar refractivity (Wildman–Crippen MR) is 78.0 cm³/mol. The van der Waals surface area contributed by atoms with Gasteiger partial charge in [-0.25, -0.2) is 9.78 Å². The van der Waals surface area contributed by atoms with E-state index in [1.165, 1.54) is 16.8 Å². The molecule has 0 radical (unpaired) electrons. The van der Waals surface area contributed by atoms with Crippen LogP contribution in [0.5, 0.6) is 0 Å². The summed E-state index contributed by atoms with van der Waals surface area (Å²) in [6.45, 7) is 1.34. The summed E-state index contributed by atoms with van der Waals surface area (Å²) in [5.74, 6) is -2.85. The number of aromatic nitrogens is 2. The maximum Gasteiger partial charge on any atom is 0.417 e. The normalized spacial score (nSPS) is 12.7. The minimum absolute atomic E-state index is 0.139. The smallest absolute Gasteiger partial charge is 0.417 e. The van der Waals surface area contributed by atoms with Crippen molar-refractivity contribution in [3.63, 3.8) is 0 Å². The highest BCUT2D eigenvalue weighted by Crippen LogP contribution is 2.29. The van der Waals surface area contributed by atoms with Gasteiger partial charge < -0.3 is 10.0 Å². The zero-order valence-electron chi connectivity index (χ0n) is 12.3. The van der Waals surface area contributed by atoms with Gasteiger partial charge in [0.2, 0.25) is 0 Å². The lowest BCUT2D eigenvalue weighted by molar-refractivity contribution is -0.157. The summed E-state index contributed by atoms with van der Waals surface area (Å²) < 4.78 is 37.6. The second-order valence-corrected chi connectivity index (χ2v) is 5.58. The molecule has 0 spiro atoms. The molecule has 2 rings (SSSR count). The summed E-state index contributed by atoms with van der Waals surface area (Å²) in [6, 6.07) is 1.28. The Bertz CT molecular complexity index is 717. The van der Waals surface area contributed by atoms with Gasteiger partial charge in [0, 0.05) is 11.6 Å². The van der Waals surface area contributed by atoms with Crippen molar-refractivity contribution in [2.24, 2.45) is 0 Å². The molecule has 6 nitrogen and oxygen atoms in total. The molecule has 2 aromatic rings. The molecule has 0 aliphatic carbocycles. The van der Waals surface area contributed by atoms with Crippen molar-refractivity contribution < 1.29 is 27.9 Å². The third-order valence-corrected chi connectivity index (χ3v) is 3.88. The van der Waals surface area contributed by atoms with Crippen LogP contribution in [0.4, 0.5) is 13.2 Å². The van der Waals surface area contributed by atoms with Crippen molar-refractivity contribution in [2.45, 2.75) is 25.7 Å². The van der Waals surface area contributed by atoms with Gasteiger partial charge in [0.05, 0.1) is 35.0 Å². The fourth-order valence-corrected chi connectivity index (χ4v) is 2.60. The van der Waals surface area contributed by atoms with Crippen LogP contribution in [0, 0.1) is 0 Å². The van der Waals surface area contributed by atoms with Crippen molar-refractivity contribution >= 4 is 23.2 Å². The Kier molecular flexibility index (Phi) is 5.17. The monoisotopic (exact) mass is 359 g/mol. The molecule has 0 aliphatic rings. The summed E-state index contributed by atoms with van der Waals surface area (Å²) >= 11 is 1.28. The molecule has 128 valence electrons. The average molecular weight is 359 g/mol. The average Bonchev–Trinajstić information content (AvgIpc) is 3.05. The molecule has 2 heterocycles. The van der Waals surface area contributed by atoms with Gasteiger partial charge >= 0.3 is 18.1 Å². The number of alkyl halides is 3. The SMILES string of the molecule is CC(c1cscn1)N(Cc1ccc(C(F)(F)F)cn1)C(=O)C(=O)O. The highest BCUT2D eigenvalue weighted by Gasteiger charge is 2.31. The van der Waals surface area contributed by atoms with Crippen molar-refractivity contribution in [3.05, 3.63) is 46.2 Å². The standard InChI is InChI=1S/C14H12F3N3O3S/c1-8(11-6-24-7-19-11)20(12(21)13(22)23)5-10-3-2-9(4-18-10)14(15,16)17/h2-4,6-8H,5H2,1H3,(H,22,23). The third-order valence-electron chi connectivity index (χ3n) is 3.28. The lowest BCUT2D eigenvalue weighted by Crippen LogP contribution is -2.38. The molecule has 24 heavy (non-hydrogen) atoms. The van der Waals surface area contributed by atoms with Gasteiger partial charge in [0.1, 0.15) is 0 Å². The number of carbonyl (C=O) groups excluding carboxylic acids is 1. The Morgan fingerprint density at radius 2 is 2.04 bits per heavy atom. The lowest BCUT2D eigenvalue weighted by atomic mass is 10.2. The summed E-state index contributed by atoms with van der Waals surface area (Å²) in [5.41, 5.74) is 1.24. The van der Waals surface area contributed by atoms with E-state index in [2.05, 4.69) is 9.97 Å². The van der Waals surface area contributed by atoms with Crippen LogP contribution in [0.1, 0.15) is 29.9 Å². The largest absolute Gasteiger partial charge is 0.474 e. The summed E-state index contributed by atoms with van der Waals surface area (Å²) in [7, 11) is 0. The van der Waals surface area contributed by atoms with Gasteiger partial charge in [-0.3, -0.25) is 9.78 Å². The van der Waals surface area contributed by atoms with E-state index in [0.29, 0.717) is 11.9 Å². The van der Waals surface area contributed by atoms with E-state index in [-0.39, 0.29) is 12.2 Å². The number of carboxylic acid groups (broad SMARTS) is 1. The molecule has 1 atom stereocenters. The quantitative estimate of drug-likeness (QED) is 0.849. The van der Waals surface area contributed by atoms with E-state index in [9.17, 15) is 22.8 Å². The molecule has 0 bridgehead atoms. The van der Waals surface area contributed by atoms with E-state index < -0.39 is 29.7 Å². The second-order valence-electron chi connectivity index (χ2n) is 4.86. The van der Waals surface area contributed by atoms with Gasteiger partial charge in [-0.05, 0) is 19.1 Å². The highest BCUT2D eigenvalue weighted by molar-refractivity contribution is 7.07. The topological polar surface area (TPSA) is 83.4 Å². The van der Waals surface area contributed by atoms with Crippen LogP contribution in [-0.4, -0.2) is 31.9 Å². The van der Waals surface area contributed by atoms with Crippen molar-refractivity contribution in [1.82, 2.24) is 14.9 Å². The molecule has 10 heteroatoms. The predicted octanol–water partition coefficient (Wildman–Crippen LogP) is 2.73. The lowest BCUT2D eigenvalue weighted by Gasteiger charge is -2.26. The molecule has 1 amide bonds. The summed E-state index contributed by atoms with van der Waals surface area (Å²) in [5, 5.41) is 10.6. The Morgan fingerprint density at radius 1 is 1.33 bits per heavy atom. The first kappa shape index (κ1) is 17.9. The Balaban J connectivity index is 2.25. The van der Waals surface area contributed by atoms with Gasteiger partial charge in [-0.2, -0.15) is 13.2 Å². The molecule has 2 aromatic heterocycles. The van der Waals surface area contributed by atoms with Gasteiger partial charge in [-0.15, -0.1) is 11.3 Å². The van der Waals surface area contributed by atoms with Crippen LogP contribution in [-0.2, 0) is 22.3 Å². The van der Waals surface area contributed by atoms with E-state index >= 15 is 0 Å². The van der Waals surface area contributed by atoms with E-state index in [4.69, 9.17) is 5.11 Å². The van der Waals surface area contributed by atoms with E-state index in [0.717, 1.165) is 17.0 Å². The molecule has 1 unspecified atom stereocenters. The number of carboxylic acids is 1. The first-order chi connectivity index (χ1) is 11.2. The van der Waals surface area contributed by atoms with Crippen molar-refractivity contribution in [1.29, 1.82) is 0 Å². The van der Waals surface area contributed by atoms with Crippen LogP contribution < -0.4 is 0 Å². The molecule has 0 saturated heterocycles. The Labute approximate surface area is 138 Å². The summed E-state index contributed by atoms with van der Waals surface area (Å²) in [4.78, 5) is 31.6. The fraction of sp³-hybridized carbons (Fsp3) is 0.286. The number of rotatable bonds is 4. The van der Waals surface area contributed by atoms with E-state index in [1.807, 2.05) is 0 Å². The minimum Gasteiger partial charge on any atom is -0.474 e. The molecule has 0 aromatic carbocycles. The molecular formula is C14H12F3N3O3S. The number of amides is 1. The summed E-state index contributed by atoms with van der Waals surface area (Å²) in [6.07, 6.45) is -3.87. The number of nitrogens with zero attached hydrogens (tertiary/aromatic N) is 3. The third kappa shape index (κ3) is 4.07. The number of hydrogen-bond acceptors (Lipinski definition) is 5. The van der Waals surface area contributed by atoms with Crippen LogP contribution >= 0.6 is 11.3 Å². The Hall–Kier alpha value is -2.49. The first-order valence-electron chi connectivity index (χ1n) is 6.64. The van der Waals surface area contributed by atoms with Crippen LogP contribution in [0.2, 0.25) is 0 Å². The van der Waals surface area contributed by atoms with Gasteiger partial charge in [0.15, 0.2) is 0 Å². The highest BCUT2D eigenvalue weighted by atomic mass is 32.1. The van der Waals surface area contributed by atoms with Gasteiger partial charge in [-0.1, -0.05) is 0 Å². The van der Waals surface area contributed by atoms with Crippen molar-refractivity contribution in [3.8, 4) is 0 Å². The molecule has 1 N–H and O–H groups in total. The van der Waals surface area contributed by atoms with Crippen LogP contribution in [0.25, 0.3) is 0 Å². The first-order valence-corrected chi connectivity index (χ1v) is 7.58. The number of pyridine rings is 1. The van der Waals surface area contributed by atoms with E-state index in [1.54, 1.807) is 12.3 Å². The zero-order valence-corrected chi connectivity index (χ0v) is 13.1. The maximum atomic E-state index is 12.5. The Morgan fingerprint density at radius 3 is 2.50 bits per heavy atom. The molecule has 0 aliphatic heterocycles. The number of aliphatic carboxylic acids is 1. The maximum absolute atomic E-state index is 12.5. The molecular weight excluding hydrogens is 347 g/mol. The molecule has 0 fully saturated rings. The zero-order chi connectivity index (χ0) is 17.9. The number of thiazole rings is 1.